The number of aryl methyl sites for hydroxylation is 1. The predicted octanol–water partition coefficient (Wildman–Crippen LogP) is 0.697. The van der Waals surface area contributed by atoms with Crippen LogP contribution in [0, 0.1) is 5.92 Å². The van der Waals surface area contributed by atoms with Crippen LogP contribution >= 0.6 is 11.5 Å². The molecule has 1 saturated carbocycles. The number of carbonyl (C=O) groups is 1. The maximum absolute atomic E-state index is 12.1. The summed E-state index contributed by atoms with van der Waals surface area (Å²) >= 11 is 1.15. The highest BCUT2D eigenvalue weighted by Gasteiger charge is 2.53. The van der Waals surface area contributed by atoms with Gasteiger partial charge in [-0.2, -0.15) is 0 Å². The van der Waals surface area contributed by atoms with E-state index in [1.165, 1.54) is 0 Å². The molecule has 92 valence electrons. The van der Waals surface area contributed by atoms with Crippen LogP contribution in [0.4, 0.5) is 0 Å². The molecule has 0 aromatic carbocycles. The van der Waals surface area contributed by atoms with Gasteiger partial charge in [0, 0.05) is 0 Å². The molecule has 1 aliphatic carbocycles. The van der Waals surface area contributed by atoms with Crippen molar-refractivity contribution in [2.45, 2.75) is 31.8 Å². The lowest BCUT2D eigenvalue weighted by atomic mass is 9.88. The van der Waals surface area contributed by atoms with Gasteiger partial charge in [-0.1, -0.05) is 11.4 Å². The third-order valence-electron chi connectivity index (χ3n) is 3.64. The topological polar surface area (TPSA) is 66.3 Å². The maximum Gasteiger partial charge on any atom is 0.267 e. The molecule has 6 heteroatoms. The molecule has 1 N–H and O–H groups in total. The van der Waals surface area contributed by atoms with Crippen LogP contribution in [0.1, 0.15) is 35.1 Å². The van der Waals surface area contributed by atoms with E-state index in [4.69, 9.17) is 0 Å². The normalized spacial score (nSPS) is 22.4. The van der Waals surface area contributed by atoms with E-state index >= 15 is 0 Å². The first kappa shape index (κ1) is 11.1. The van der Waals surface area contributed by atoms with Crippen LogP contribution < -0.4 is 0 Å². The lowest BCUT2D eigenvalue weighted by molar-refractivity contribution is -0.0957. The number of nitrogens with zero attached hydrogens (tertiary/aromatic N) is 3. The van der Waals surface area contributed by atoms with Gasteiger partial charge in [0.25, 0.3) is 5.91 Å². The van der Waals surface area contributed by atoms with Gasteiger partial charge < -0.3 is 10.0 Å². The van der Waals surface area contributed by atoms with E-state index in [9.17, 15) is 9.90 Å². The molecular weight excluding hydrogens is 238 g/mol. The van der Waals surface area contributed by atoms with E-state index in [1.807, 2.05) is 6.92 Å². The number of likely N-dealkylation sites (tertiary alicyclic amines) is 1. The molecule has 0 radical (unpaired) electrons. The standard InChI is InChI=1S/C11H15N3O2S/c1-2-8-9(17-13-12-8)10(15)14-5-11(16,6-14)7-3-4-7/h7,16H,2-6H2,1H3. The number of hydrogen-bond donors (Lipinski definition) is 1. The number of aliphatic hydroxyl groups is 1. The van der Waals surface area contributed by atoms with Gasteiger partial charge in [0.1, 0.15) is 10.5 Å². The van der Waals surface area contributed by atoms with Crippen molar-refractivity contribution in [2.75, 3.05) is 13.1 Å². The van der Waals surface area contributed by atoms with Gasteiger partial charge in [-0.25, -0.2) is 0 Å². The second-order valence-electron chi connectivity index (χ2n) is 4.94. The van der Waals surface area contributed by atoms with Gasteiger partial charge in [0.15, 0.2) is 0 Å². The van der Waals surface area contributed by atoms with Crippen LogP contribution in [-0.4, -0.2) is 44.2 Å². The largest absolute Gasteiger partial charge is 0.386 e. The van der Waals surface area contributed by atoms with E-state index < -0.39 is 5.60 Å². The first-order valence-corrected chi connectivity index (χ1v) is 6.74. The number of rotatable bonds is 3. The Morgan fingerprint density at radius 1 is 1.59 bits per heavy atom. The highest BCUT2D eigenvalue weighted by Crippen LogP contribution is 2.44. The van der Waals surface area contributed by atoms with Gasteiger partial charge in [-0.05, 0) is 36.7 Å². The second-order valence-corrected chi connectivity index (χ2v) is 5.70. The molecule has 1 saturated heterocycles. The average molecular weight is 253 g/mol. The Hall–Kier alpha value is -1.01. The maximum atomic E-state index is 12.1. The van der Waals surface area contributed by atoms with Crippen molar-refractivity contribution in [1.82, 2.24) is 14.5 Å². The van der Waals surface area contributed by atoms with Crippen LogP contribution in [0.3, 0.4) is 0 Å². The third-order valence-corrected chi connectivity index (χ3v) is 4.39. The molecule has 0 unspecified atom stereocenters. The zero-order chi connectivity index (χ0) is 12.0. The summed E-state index contributed by atoms with van der Waals surface area (Å²) in [5, 5.41) is 14.1. The summed E-state index contributed by atoms with van der Waals surface area (Å²) in [5.41, 5.74) is 0.155. The highest BCUT2D eigenvalue weighted by molar-refractivity contribution is 7.08. The number of amides is 1. The molecule has 1 aromatic heterocycles. The lowest BCUT2D eigenvalue weighted by Crippen LogP contribution is -2.64. The molecule has 1 aliphatic heterocycles. The van der Waals surface area contributed by atoms with Gasteiger partial charge in [0.2, 0.25) is 0 Å². The van der Waals surface area contributed by atoms with E-state index in [2.05, 4.69) is 9.59 Å². The van der Waals surface area contributed by atoms with Gasteiger partial charge >= 0.3 is 0 Å². The molecule has 1 amide bonds. The molecule has 1 aromatic rings. The third kappa shape index (κ3) is 1.75. The fourth-order valence-corrected chi connectivity index (χ4v) is 3.10. The minimum absolute atomic E-state index is 0.0258. The first-order chi connectivity index (χ1) is 8.14. The molecule has 0 atom stereocenters. The summed E-state index contributed by atoms with van der Waals surface area (Å²) in [7, 11) is 0. The lowest BCUT2D eigenvalue weighted by Gasteiger charge is -2.46. The minimum Gasteiger partial charge on any atom is -0.386 e. The van der Waals surface area contributed by atoms with Crippen molar-refractivity contribution in [3.63, 3.8) is 0 Å². The van der Waals surface area contributed by atoms with Gasteiger partial charge in [0.05, 0.1) is 18.8 Å². The summed E-state index contributed by atoms with van der Waals surface area (Å²) in [5.74, 6) is 0.388. The molecule has 0 spiro atoms. The van der Waals surface area contributed by atoms with Crippen LogP contribution in [0.2, 0.25) is 0 Å². The van der Waals surface area contributed by atoms with Crippen molar-refractivity contribution >= 4 is 17.4 Å². The number of aromatic nitrogens is 2. The Labute approximate surface area is 104 Å². The molecular formula is C11H15N3O2S. The Morgan fingerprint density at radius 2 is 2.29 bits per heavy atom. The van der Waals surface area contributed by atoms with E-state index in [-0.39, 0.29) is 5.91 Å². The zero-order valence-electron chi connectivity index (χ0n) is 9.72. The SMILES string of the molecule is CCc1nnsc1C(=O)N1CC(O)(C2CC2)C1. The van der Waals surface area contributed by atoms with Gasteiger partial charge in [-0.15, -0.1) is 5.10 Å². The van der Waals surface area contributed by atoms with Crippen LogP contribution in [0.25, 0.3) is 0 Å². The number of β-amino-alcohol motifs (C(OH)–C–C–N with tert-alkyl or cyclic N) is 1. The average Bonchev–Trinajstić information content (AvgIpc) is 3.02. The van der Waals surface area contributed by atoms with E-state index in [0.29, 0.717) is 23.9 Å². The van der Waals surface area contributed by atoms with Crippen molar-refractivity contribution in [3.8, 4) is 0 Å². The summed E-state index contributed by atoms with van der Waals surface area (Å²) in [4.78, 5) is 14.5. The van der Waals surface area contributed by atoms with Gasteiger partial charge in [-0.3, -0.25) is 4.79 Å². The van der Waals surface area contributed by atoms with Crippen LogP contribution in [0.5, 0.6) is 0 Å². The molecule has 5 nitrogen and oxygen atoms in total. The summed E-state index contributed by atoms with van der Waals surface area (Å²) < 4.78 is 3.82. The molecule has 2 heterocycles. The summed E-state index contributed by atoms with van der Waals surface area (Å²) in [6.45, 7) is 2.90. The Kier molecular flexibility index (Phi) is 2.45. The van der Waals surface area contributed by atoms with E-state index in [1.54, 1.807) is 4.90 Å². The fraction of sp³-hybridized carbons (Fsp3) is 0.727. The molecule has 2 aliphatic rings. The Bertz CT molecular complexity index is 449. The van der Waals surface area contributed by atoms with E-state index in [0.717, 1.165) is 36.5 Å². The monoisotopic (exact) mass is 253 g/mol. The van der Waals surface area contributed by atoms with Crippen molar-refractivity contribution < 1.29 is 9.90 Å². The van der Waals surface area contributed by atoms with Crippen LogP contribution in [-0.2, 0) is 6.42 Å². The summed E-state index contributed by atoms with van der Waals surface area (Å²) in [6.07, 6.45) is 2.92. The minimum atomic E-state index is -0.611. The molecule has 0 bridgehead atoms. The molecule has 17 heavy (non-hydrogen) atoms. The van der Waals surface area contributed by atoms with Crippen LogP contribution in [0.15, 0.2) is 0 Å². The molecule has 2 fully saturated rings. The summed E-state index contributed by atoms with van der Waals surface area (Å²) in [6, 6.07) is 0. The van der Waals surface area contributed by atoms with Crippen molar-refractivity contribution in [2.24, 2.45) is 5.92 Å². The Balaban J connectivity index is 1.69. The predicted molar refractivity (Wildman–Crippen MR) is 62.9 cm³/mol. The number of carbonyl (C=O) groups excluding carboxylic acids is 1. The quantitative estimate of drug-likeness (QED) is 0.861. The van der Waals surface area contributed by atoms with Crippen molar-refractivity contribution in [3.05, 3.63) is 10.6 Å². The van der Waals surface area contributed by atoms with Crippen molar-refractivity contribution in [1.29, 1.82) is 0 Å². The first-order valence-electron chi connectivity index (χ1n) is 5.97. The highest BCUT2D eigenvalue weighted by atomic mass is 32.1. The fourth-order valence-electron chi connectivity index (χ4n) is 2.38. The Morgan fingerprint density at radius 3 is 2.88 bits per heavy atom. The molecule has 3 rings (SSSR count). The zero-order valence-corrected chi connectivity index (χ0v) is 10.5. The smallest absolute Gasteiger partial charge is 0.267 e. The second kappa shape index (κ2) is 3.74. The number of hydrogen-bond acceptors (Lipinski definition) is 5.